The number of hydrogen-bond acceptors (Lipinski definition) is 2. The zero-order valence-electron chi connectivity index (χ0n) is 7.20. The molecule has 0 unspecified atom stereocenters. The molecule has 0 bridgehead atoms. The molecule has 14 heavy (non-hydrogen) atoms. The van der Waals surface area contributed by atoms with Crippen LogP contribution in [0.2, 0.25) is 5.35 Å². The Balaban J connectivity index is 2.60. The van der Waals surface area contributed by atoms with Gasteiger partial charge in [-0.1, -0.05) is 30.3 Å². The molecule has 0 atom stereocenters. The highest BCUT2D eigenvalue weighted by Crippen LogP contribution is 2.26. The third kappa shape index (κ3) is 1.01. The fourth-order valence-electron chi connectivity index (χ4n) is 1.63. The molecule has 0 N–H and O–H groups in total. The first-order valence-electron chi connectivity index (χ1n) is 4.28. The first kappa shape index (κ1) is 7.83. The van der Waals surface area contributed by atoms with Crippen LogP contribution in [0, 0.1) is 0 Å². The highest BCUT2D eigenvalue weighted by atomic mass is 35.5. The molecule has 0 aliphatic rings. The summed E-state index contributed by atoms with van der Waals surface area (Å²) in [5.41, 5.74) is 1.56. The Bertz CT molecular complexity index is 615. The van der Waals surface area contributed by atoms with Gasteiger partial charge in [0.1, 0.15) is 5.52 Å². The first-order valence-corrected chi connectivity index (χ1v) is 4.66. The zero-order valence-corrected chi connectivity index (χ0v) is 7.95. The van der Waals surface area contributed by atoms with Crippen LogP contribution in [0.3, 0.4) is 0 Å². The summed E-state index contributed by atoms with van der Waals surface area (Å²) >= 11 is 5.71. The third-order valence-electron chi connectivity index (χ3n) is 2.26. The summed E-state index contributed by atoms with van der Waals surface area (Å²) in [6.07, 6.45) is 0. The van der Waals surface area contributed by atoms with Crippen molar-refractivity contribution >= 4 is 33.5 Å². The van der Waals surface area contributed by atoms with Crippen molar-refractivity contribution in [2.75, 3.05) is 0 Å². The lowest BCUT2D eigenvalue weighted by molar-refractivity contribution is 0.604. The van der Waals surface area contributed by atoms with Gasteiger partial charge >= 0.3 is 0 Å². The van der Waals surface area contributed by atoms with E-state index in [1.165, 1.54) is 0 Å². The lowest BCUT2D eigenvalue weighted by Gasteiger charge is -1.95. The number of benzene rings is 2. The predicted octanol–water partition coefficient (Wildman–Crippen LogP) is 3.63. The first-order chi connectivity index (χ1) is 6.84. The van der Waals surface area contributed by atoms with E-state index in [4.69, 9.17) is 16.0 Å². The maximum atomic E-state index is 5.71. The minimum Gasteiger partial charge on any atom is -0.428 e. The van der Waals surface area contributed by atoms with Crippen LogP contribution < -0.4 is 0 Å². The molecule has 0 aliphatic carbocycles. The van der Waals surface area contributed by atoms with E-state index in [9.17, 15) is 0 Å². The van der Waals surface area contributed by atoms with Crippen molar-refractivity contribution in [2.24, 2.45) is 0 Å². The number of rotatable bonds is 0. The smallest absolute Gasteiger partial charge is 0.293 e. The second kappa shape index (κ2) is 2.72. The van der Waals surface area contributed by atoms with Crippen LogP contribution in [0.15, 0.2) is 40.8 Å². The molecule has 68 valence electrons. The van der Waals surface area contributed by atoms with Crippen LogP contribution in [-0.2, 0) is 0 Å². The molecule has 0 amide bonds. The van der Waals surface area contributed by atoms with Gasteiger partial charge in [0, 0.05) is 5.39 Å². The molecule has 0 radical (unpaired) electrons. The molecule has 1 heterocycles. The number of fused-ring (bicyclic) bond motifs is 3. The van der Waals surface area contributed by atoms with Gasteiger partial charge < -0.3 is 4.42 Å². The Morgan fingerprint density at radius 2 is 1.93 bits per heavy atom. The minimum atomic E-state index is 0.191. The van der Waals surface area contributed by atoms with Crippen molar-refractivity contribution in [1.82, 2.24) is 4.98 Å². The van der Waals surface area contributed by atoms with Crippen molar-refractivity contribution in [3.05, 3.63) is 41.7 Å². The number of halogens is 1. The SMILES string of the molecule is Clc1nc2c(ccc3ccccc32)o1. The predicted molar refractivity (Wildman–Crippen MR) is 56.5 cm³/mol. The van der Waals surface area contributed by atoms with Gasteiger partial charge in [-0.15, -0.1) is 0 Å². The van der Waals surface area contributed by atoms with E-state index in [1.807, 2.05) is 36.4 Å². The third-order valence-corrected chi connectivity index (χ3v) is 2.42. The zero-order chi connectivity index (χ0) is 9.54. The highest BCUT2D eigenvalue weighted by molar-refractivity contribution is 6.28. The second-order valence-electron chi connectivity index (χ2n) is 3.10. The molecule has 2 nitrogen and oxygen atoms in total. The molecule has 0 aliphatic heterocycles. The van der Waals surface area contributed by atoms with Gasteiger partial charge in [0.25, 0.3) is 5.35 Å². The molecule has 1 aromatic heterocycles. The van der Waals surface area contributed by atoms with Crippen LogP contribution in [-0.4, -0.2) is 4.98 Å². The van der Waals surface area contributed by atoms with E-state index < -0.39 is 0 Å². The van der Waals surface area contributed by atoms with E-state index in [0.29, 0.717) is 0 Å². The molecular formula is C11H6ClNO. The maximum Gasteiger partial charge on any atom is 0.293 e. The fraction of sp³-hybridized carbons (Fsp3) is 0. The molecule has 3 rings (SSSR count). The van der Waals surface area contributed by atoms with Crippen LogP contribution in [0.5, 0.6) is 0 Å². The molecule has 0 saturated carbocycles. The van der Waals surface area contributed by atoms with E-state index >= 15 is 0 Å². The van der Waals surface area contributed by atoms with Crippen LogP contribution in [0.1, 0.15) is 0 Å². The Morgan fingerprint density at radius 3 is 2.86 bits per heavy atom. The van der Waals surface area contributed by atoms with Gasteiger partial charge in [0.2, 0.25) is 0 Å². The van der Waals surface area contributed by atoms with Crippen LogP contribution in [0.25, 0.3) is 21.9 Å². The average Bonchev–Trinajstić information content (AvgIpc) is 2.59. The van der Waals surface area contributed by atoms with Crippen molar-refractivity contribution in [2.45, 2.75) is 0 Å². The van der Waals surface area contributed by atoms with Crippen LogP contribution in [0.4, 0.5) is 0 Å². The summed E-state index contributed by atoms with van der Waals surface area (Å²) in [6.45, 7) is 0. The normalized spacial score (nSPS) is 11.2. The van der Waals surface area contributed by atoms with Gasteiger partial charge in [-0.05, 0) is 23.1 Å². The van der Waals surface area contributed by atoms with E-state index in [1.54, 1.807) is 0 Å². The quantitative estimate of drug-likeness (QED) is 0.558. The molecule has 0 saturated heterocycles. The summed E-state index contributed by atoms with van der Waals surface area (Å²) in [5.74, 6) is 0. The Morgan fingerprint density at radius 1 is 1.07 bits per heavy atom. The average molecular weight is 204 g/mol. The second-order valence-corrected chi connectivity index (χ2v) is 3.42. The van der Waals surface area contributed by atoms with Crippen molar-refractivity contribution in [3.8, 4) is 0 Å². The van der Waals surface area contributed by atoms with Crippen molar-refractivity contribution in [3.63, 3.8) is 0 Å². The van der Waals surface area contributed by atoms with Gasteiger partial charge in [-0.25, -0.2) is 0 Å². The number of nitrogens with zero attached hydrogens (tertiary/aromatic N) is 1. The minimum absolute atomic E-state index is 0.191. The topological polar surface area (TPSA) is 26.0 Å². The largest absolute Gasteiger partial charge is 0.428 e. The number of oxazole rings is 1. The van der Waals surface area contributed by atoms with Gasteiger partial charge in [-0.2, -0.15) is 4.98 Å². The molecule has 3 aromatic rings. The summed E-state index contributed by atoms with van der Waals surface area (Å²) < 4.78 is 5.23. The van der Waals surface area contributed by atoms with Gasteiger partial charge in [0.05, 0.1) is 0 Å². The van der Waals surface area contributed by atoms with Crippen molar-refractivity contribution in [1.29, 1.82) is 0 Å². The summed E-state index contributed by atoms with van der Waals surface area (Å²) in [6, 6.07) is 11.9. The van der Waals surface area contributed by atoms with Gasteiger partial charge in [-0.3, -0.25) is 0 Å². The standard InChI is InChI=1S/C11H6ClNO/c12-11-13-10-8-4-2-1-3-7(8)5-6-9(10)14-11/h1-6H. The molecule has 0 spiro atoms. The molecule has 0 fully saturated rings. The lowest BCUT2D eigenvalue weighted by atomic mass is 10.1. The van der Waals surface area contributed by atoms with E-state index in [2.05, 4.69) is 4.98 Å². The highest BCUT2D eigenvalue weighted by Gasteiger charge is 2.06. The molecule has 3 heteroatoms. The number of hydrogen-bond donors (Lipinski definition) is 0. The Hall–Kier alpha value is -1.54. The molecule has 2 aromatic carbocycles. The maximum absolute atomic E-state index is 5.71. The van der Waals surface area contributed by atoms with Crippen LogP contribution >= 0.6 is 11.6 Å². The summed E-state index contributed by atoms with van der Waals surface area (Å²) in [7, 11) is 0. The summed E-state index contributed by atoms with van der Waals surface area (Å²) in [4.78, 5) is 4.14. The van der Waals surface area contributed by atoms with Gasteiger partial charge in [0.15, 0.2) is 5.58 Å². The lowest BCUT2D eigenvalue weighted by Crippen LogP contribution is -1.73. The fourth-order valence-corrected chi connectivity index (χ4v) is 1.80. The number of aromatic nitrogens is 1. The van der Waals surface area contributed by atoms with E-state index in [0.717, 1.165) is 21.9 Å². The van der Waals surface area contributed by atoms with E-state index in [-0.39, 0.29) is 5.35 Å². The Labute approximate surface area is 85.1 Å². The van der Waals surface area contributed by atoms with Crippen molar-refractivity contribution < 1.29 is 4.42 Å². The Kier molecular flexibility index (Phi) is 1.52. The monoisotopic (exact) mass is 203 g/mol. The summed E-state index contributed by atoms with van der Waals surface area (Å²) in [5, 5.41) is 2.40. The molecular weight excluding hydrogens is 198 g/mol.